The van der Waals surface area contributed by atoms with Crippen molar-refractivity contribution in [2.75, 3.05) is 18.5 Å². The number of halogens is 1. The fourth-order valence-electron chi connectivity index (χ4n) is 1.50. The molecule has 0 spiro atoms. The van der Waals surface area contributed by atoms with E-state index in [-0.39, 0.29) is 5.91 Å². The van der Waals surface area contributed by atoms with Gasteiger partial charge in [-0.2, -0.15) is 0 Å². The van der Waals surface area contributed by atoms with E-state index in [1.165, 1.54) is 0 Å². The van der Waals surface area contributed by atoms with Crippen LogP contribution in [-0.2, 0) is 0 Å². The maximum Gasteiger partial charge on any atom is 0.256 e. The van der Waals surface area contributed by atoms with E-state index in [9.17, 15) is 4.79 Å². The first-order valence-electron chi connectivity index (χ1n) is 5.19. The second-order valence-corrected chi connectivity index (χ2v) is 3.75. The number of carbonyl (C=O) groups is 1. The molecule has 0 heterocycles. The number of hydrogen-bond acceptors (Lipinski definition) is 3. The molecular formula is C11H16ClN3O. The van der Waals surface area contributed by atoms with Gasteiger partial charge in [-0.25, -0.2) is 0 Å². The summed E-state index contributed by atoms with van der Waals surface area (Å²) in [6.07, 6.45) is 0. The van der Waals surface area contributed by atoms with Gasteiger partial charge >= 0.3 is 0 Å². The highest BCUT2D eigenvalue weighted by molar-refractivity contribution is 6.31. The number of carbonyl (C=O) groups excluding carboxylic acids is 1. The Bertz CT molecular complexity index is 377. The van der Waals surface area contributed by atoms with Crippen LogP contribution < -0.4 is 11.3 Å². The van der Waals surface area contributed by atoms with Gasteiger partial charge < -0.3 is 10.3 Å². The highest BCUT2D eigenvalue weighted by atomic mass is 35.5. The molecule has 0 aliphatic rings. The summed E-state index contributed by atoms with van der Waals surface area (Å²) in [5.41, 5.74) is 3.58. The maximum atomic E-state index is 12.1. The molecular weight excluding hydrogens is 226 g/mol. The fourth-order valence-corrected chi connectivity index (χ4v) is 1.67. The van der Waals surface area contributed by atoms with Crippen molar-refractivity contribution in [3.05, 3.63) is 28.8 Å². The molecule has 1 rings (SSSR count). The van der Waals surface area contributed by atoms with Crippen molar-refractivity contribution in [2.45, 2.75) is 13.8 Å². The molecule has 0 aromatic heterocycles. The first-order chi connectivity index (χ1) is 7.63. The van der Waals surface area contributed by atoms with Gasteiger partial charge in [0.2, 0.25) is 0 Å². The lowest BCUT2D eigenvalue weighted by Crippen LogP contribution is -2.31. The number of nitrogens with one attached hydrogen (secondary N) is 1. The van der Waals surface area contributed by atoms with Gasteiger partial charge in [0.05, 0.1) is 11.3 Å². The zero-order chi connectivity index (χ0) is 12.1. The van der Waals surface area contributed by atoms with Crippen molar-refractivity contribution in [1.29, 1.82) is 0 Å². The summed E-state index contributed by atoms with van der Waals surface area (Å²) in [4.78, 5) is 13.8. The van der Waals surface area contributed by atoms with E-state index in [1.807, 2.05) is 13.8 Å². The van der Waals surface area contributed by atoms with Gasteiger partial charge in [-0.15, -0.1) is 0 Å². The van der Waals surface area contributed by atoms with Crippen LogP contribution in [0.4, 0.5) is 5.69 Å². The SMILES string of the molecule is CCN(CC)C(=O)c1cc(Cl)ccc1NN. The smallest absolute Gasteiger partial charge is 0.256 e. The summed E-state index contributed by atoms with van der Waals surface area (Å²) < 4.78 is 0. The van der Waals surface area contributed by atoms with Crippen LogP contribution >= 0.6 is 11.6 Å². The number of anilines is 1. The molecule has 0 saturated carbocycles. The molecule has 3 N–H and O–H groups in total. The molecule has 0 unspecified atom stereocenters. The van der Waals surface area contributed by atoms with Crippen molar-refractivity contribution in [3.63, 3.8) is 0 Å². The van der Waals surface area contributed by atoms with Crippen molar-refractivity contribution in [1.82, 2.24) is 4.90 Å². The Hall–Kier alpha value is -1.26. The molecule has 0 aliphatic heterocycles. The summed E-state index contributed by atoms with van der Waals surface area (Å²) >= 11 is 5.87. The summed E-state index contributed by atoms with van der Waals surface area (Å²) in [6.45, 7) is 5.18. The number of hydrazine groups is 1. The van der Waals surface area contributed by atoms with Crippen LogP contribution in [-0.4, -0.2) is 23.9 Å². The zero-order valence-corrected chi connectivity index (χ0v) is 10.2. The molecule has 0 bridgehead atoms. The minimum Gasteiger partial charge on any atom is -0.339 e. The minimum atomic E-state index is -0.0690. The molecule has 0 fully saturated rings. The Morgan fingerprint density at radius 3 is 2.56 bits per heavy atom. The Kier molecular flexibility index (Phi) is 4.58. The van der Waals surface area contributed by atoms with E-state index >= 15 is 0 Å². The van der Waals surface area contributed by atoms with Crippen LogP contribution in [0, 0.1) is 0 Å². The Morgan fingerprint density at radius 1 is 1.44 bits per heavy atom. The van der Waals surface area contributed by atoms with Crippen molar-refractivity contribution >= 4 is 23.2 Å². The zero-order valence-electron chi connectivity index (χ0n) is 9.46. The maximum absolute atomic E-state index is 12.1. The Morgan fingerprint density at radius 2 is 2.06 bits per heavy atom. The lowest BCUT2D eigenvalue weighted by Gasteiger charge is -2.20. The van der Waals surface area contributed by atoms with E-state index < -0.39 is 0 Å². The van der Waals surface area contributed by atoms with Gasteiger partial charge in [-0.05, 0) is 32.0 Å². The summed E-state index contributed by atoms with van der Waals surface area (Å²) in [5.74, 6) is 5.29. The number of nitrogens with two attached hydrogens (primary N) is 1. The van der Waals surface area contributed by atoms with E-state index in [2.05, 4.69) is 5.43 Å². The molecule has 4 nitrogen and oxygen atoms in total. The van der Waals surface area contributed by atoms with Gasteiger partial charge in [-0.3, -0.25) is 10.6 Å². The average Bonchev–Trinajstić information content (AvgIpc) is 2.30. The van der Waals surface area contributed by atoms with E-state index in [0.717, 1.165) is 0 Å². The molecule has 1 aromatic carbocycles. The third-order valence-corrected chi connectivity index (χ3v) is 2.65. The van der Waals surface area contributed by atoms with Gasteiger partial charge in [0.15, 0.2) is 0 Å². The number of amides is 1. The van der Waals surface area contributed by atoms with E-state index in [4.69, 9.17) is 17.4 Å². The first kappa shape index (κ1) is 12.8. The van der Waals surface area contributed by atoms with Crippen molar-refractivity contribution in [3.8, 4) is 0 Å². The van der Waals surface area contributed by atoms with Gasteiger partial charge in [0, 0.05) is 18.1 Å². The average molecular weight is 242 g/mol. The summed E-state index contributed by atoms with van der Waals surface area (Å²) in [6, 6.07) is 5.01. The normalized spacial score (nSPS) is 10.0. The summed E-state index contributed by atoms with van der Waals surface area (Å²) in [7, 11) is 0. The molecule has 0 radical (unpaired) electrons. The lowest BCUT2D eigenvalue weighted by molar-refractivity contribution is 0.0774. The number of nitrogen functional groups attached to an aromatic ring is 1. The number of benzene rings is 1. The Balaban J connectivity index is 3.10. The predicted molar refractivity (Wildman–Crippen MR) is 66.5 cm³/mol. The molecule has 16 heavy (non-hydrogen) atoms. The highest BCUT2D eigenvalue weighted by Gasteiger charge is 2.16. The van der Waals surface area contributed by atoms with Crippen molar-refractivity contribution < 1.29 is 4.79 Å². The molecule has 5 heteroatoms. The second-order valence-electron chi connectivity index (χ2n) is 3.31. The van der Waals surface area contributed by atoms with Crippen molar-refractivity contribution in [2.24, 2.45) is 5.84 Å². The fraction of sp³-hybridized carbons (Fsp3) is 0.364. The number of rotatable bonds is 4. The molecule has 0 atom stereocenters. The molecule has 0 aliphatic carbocycles. The lowest BCUT2D eigenvalue weighted by atomic mass is 10.1. The standard InChI is InChI=1S/C11H16ClN3O/c1-3-15(4-2)11(16)9-7-8(12)5-6-10(9)14-13/h5-7,14H,3-4,13H2,1-2H3. The topological polar surface area (TPSA) is 58.4 Å². The van der Waals surface area contributed by atoms with Crippen LogP contribution in [0.15, 0.2) is 18.2 Å². The third kappa shape index (κ3) is 2.65. The monoisotopic (exact) mass is 241 g/mol. The van der Waals surface area contributed by atoms with Gasteiger partial charge in [-0.1, -0.05) is 11.6 Å². The van der Waals surface area contributed by atoms with Crippen LogP contribution in [0.2, 0.25) is 5.02 Å². The molecule has 1 aromatic rings. The van der Waals surface area contributed by atoms with E-state index in [1.54, 1.807) is 23.1 Å². The molecule has 88 valence electrons. The van der Waals surface area contributed by atoms with Crippen LogP contribution in [0.3, 0.4) is 0 Å². The van der Waals surface area contributed by atoms with Crippen LogP contribution in [0.5, 0.6) is 0 Å². The molecule has 0 saturated heterocycles. The second kappa shape index (κ2) is 5.72. The minimum absolute atomic E-state index is 0.0690. The molecule has 1 amide bonds. The number of nitrogens with zero attached hydrogens (tertiary/aromatic N) is 1. The largest absolute Gasteiger partial charge is 0.339 e. The first-order valence-corrected chi connectivity index (χ1v) is 5.57. The van der Waals surface area contributed by atoms with Gasteiger partial charge in [0.25, 0.3) is 5.91 Å². The Labute approximate surface area is 100 Å². The third-order valence-electron chi connectivity index (χ3n) is 2.42. The quantitative estimate of drug-likeness (QED) is 0.627. The highest BCUT2D eigenvalue weighted by Crippen LogP contribution is 2.21. The van der Waals surface area contributed by atoms with Crippen LogP contribution in [0.25, 0.3) is 0 Å². The van der Waals surface area contributed by atoms with Crippen LogP contribution in [0.1, 0.15) is 24.2 Å². The van der Waals surface area contributed by atoms with E-state index in [0.29, 0.717) is 29.4 Å². The predicted octanol–water partition coefficient (Wildman–Crippen LogP) is 2.11. The van der Waals surface area contributed by atoms with Gasteiger partial charge in [0.1, 0.15) is 0 Å². The summed E-state index contributed by atoms with van der Waals surface area (Å²) in [5, 5.41) is 0.523. The number of hydrogen-bond donors (Lipinski definition) is 2.